The van der Waals surface area contributed by atoms with Crippen LogP contribution in [0.5, 0.6) is 0 Å². The molecule has 0 atom stereocenters. The number of esters is 2. The molecule has 0 saturated heterocycles. The molecule has 0 aliphatic heterocycles. The highest BCUT2D eigenvalue weighted by atomic mass is 16.5. The summed E-state index contributed by atoms with van der Waals surface area (Å²) in [6.45, 7) is 15.4. The van der Waals surface area contributed by atoms with Crippen molar-refractivity contribution in [1.82, 2.24) is 10.6 Å². The first-order valence-corrected chi connectivity index (χ1v) is 10.5. The van der Waals surface area contributed by atoms with E-state index in [9.17, 15) is 9.59 Å². The molecule has 0 aromatic carbocycles. The maximum absolute atomic E-state index is 11.2. The van der Waals surface area contributed by atoms with E-state index in [1.54, 1.807) is 13.8 Å². The molecule has 0 amide bonds. The Balaban J connectivity index is 3.14. The number of unbranched alkanes of at least 4 members (excludes halogenated alkanes) is 5. The van der Waals surface area contributed by atoms with Crippen LogP contribution in [0.3, 0.4) is 0 Å². The van der Waals surface area contributed by atoms with Gasteiger partial charge in [-0.05, 0) is 78.6 Å². The van der Waals surface area contributed by atoms with E-state index < -0.39 is 0 Å². The van der Waals surface area contributed by atoms with Crippen molar-refractivity contribution < 1.29 is 19.1 Å². The van der Waals surface area contributed by atoms with E-state index in [-0.39, 0.29) is 11.9 Å². The van der Waals surface area contributed by atoms with Crippen molar-refractivity contribution in [1.29, 1.82) is 0 Å². The van der Waals surface area contributed by atoms with Crippen LogP contribution in [0.25, 0.3) is 0 Å². The van der Waals surface area contributed by atoms with E-state index in [0.717, 1.165) is 51.9 Å². The third kappa shape index (κ3) is 17.7. The predicted octanol–water partition coefficient (Wildman–Crippen LogP) is 3.53. The summed E-state index contributed by atoms with van der Waals surface area (Å²) in [5, 5.41) is 6.85. The van der Waals surface area contributed by atoms with Crippen LogP contribution in [0.2, 0.25) is 0 Å². The van der Waals surface area contributed by atoms with E-state index in [4.69, 9.17) is 9.47 Å². The summed E-state index contributed by atoms with van der Waals surface area (Å²) in [7, 11) is 0. The SMILES string of the molecule is C=C(C)C(=O)OCCCCNCCCCCCNCCCCOC(=O)C(=C)C. The molecule has 0 spiro atoms. The van der Waals surface area contributed by atoms with Gasteiger partial charge in [0, 0.05) is 11.1 Å². The maximum Gasteiger partial charge on any atom is 0.333 e. The van der Waals surface area contributed by atoms with Gasteiger partial charge in [-0.2, -0.15) is 0 Å². The highest BCUT2D eigenvalue weighted by molar-refractivity contribution is 5.87. The summed E-state index contributed by atoms with van der Waals surface area (Å²) in [5.74, 6) is -0.599. The average molecular weight is 397 g/mol. The van der Waals surface area contributed by atoms with Gasteiger partial charge in [0.1, 0.15) is 0 Å². The van der Waals surface area contributed by atoms with Gasteiger partial charge in [0.25, 0.3) is 0 Å². The minimum Gasteiger partial charge on any atom is -0.462 e. The molecular formula is C22H40N2O4. The van der Waals surface area contributed by atoms with Crippen molar-refractivity contribution in [3.63, 3.8) is 0 Å². The highest BCUT2D eigenvalue weighted by Gasteiger charge is 2.02. The van der Waals surface area contributed by atoms with Gasteiger partial charge in [-0.1, -0.05) is 26.0 Å². The third-order valence-electron chi connectivity index (χ3n) is 4.12. The van der Waals surface area contributed by atoms with Crippen molar-refractivity contribution in [2.45, 2.75) is 65.2 Å². The summed E-state index contributed by atoms with van der Waals surface area (Å²) in [6.07, 6.45) is 8.66. The van der Waals surface area contributed by atoms with E-state index >= 15 is 0 Å². The summed E-state index contributed by atoms with van der Waals surface area (Å²) < 4.78 is 10.1. The Labute approximate surface area is 171 Å². The Hall–Kier alpha value is -1.66. The lowest BCUT2D eigenvalue weighted by Gasteiger charge is -2.07. The normalized spacial score (nSPS) is 10.5. The lowest BCUT2D eigenvalue weighted by molar-refractivity contribution is -0.139. The van der Waals surface area contributed by atoms with E-state index in [1.165, 1.54) is 25.7 Å². The summed E-state index contributed by atoms with van der Waals surface area (Å²) in [4.78, 5) is 22.4. The Morgan fingerprint density at radius 3 is 1.25 bits per heavy atom. The van der Waals surface area contributed by atoms with Crippen molar-refractivity contribution in [2.75, 3.05) is 39.4 Å². The van der Waals surface area contributed by atoms with Crippen molar-refractivity contribution in [3.8, 4) is 0 Å². The van der Waals surface area contributed by atoms with Crippen molar-refractivity contribution in [3.05, 3.63) is 24.3 Å². The van der Waals surface area contributed by atoms with Crippen LogP contribution in [0.15, 0.2) is 24.3 Å². The first-order chi connectivity index (χ1) is 13.4. The van der Waals surface area contributed by atoms with E-state index in [1.807, 2.05) is 0 Å². The second kappa shape index (κ2) is 18.7. The molecule has 2 N–H and O–H groups in total. The molecule has 6 nitrogen and oxygen atoms in total. The van der Waals surface area contributed by atoms with Gasteiger partial charge >= 0.3 is 11.9 Å². The van der Waals surface area contributed by atoms with E-state index in [0.29, 0.717) is 24.4 Å². The lowest BCUT2D eigenvalue weighted by atomic mass is 10.2. The molecule has 0 heterocycles. The second-order valence-electron chi connectivity index (χ2n) is 7.16. The van der Waals surface area contributed by atoms with Crippen LogP contribution in [-0.4, -0.2) is 51.3 Å². The fourth-order valence-corrected chi connectivity index (χ4v) is 2.38. The molecule has 0 aliphatic carbocycles. The smallest absolute Gasteiger partial charge is 0.333 e. The molecule has 0 saturated carbocycles. The third-order valence-corrected chi connectivity index (χ3v) is 4.12. The molecule has 162 valence electrons. The van der Waals surface area contributed by atoms with Gasteiger partial charge in [-0.3, -0.25) is 0 Å². The van der Waals surface area contributed by atoms with Crippen LogP contribution in [0.1, 0.15) is 65.2 Å². The molecule has 0 aromatic rings. The zero-order valence-electron chi connectivity index (χ0n) is 17.9. The second-order valence-corrected chi connectivity index (χ2v) is 7.16. The Bertz CT molecular complexity index is 421. The van der Waals surface area contributed by atoms with Gasteiger partial charge < -0.3 is 20.1 Å². The topological polar surface area (TPSA) is 76.7 Å². The summed E-state index contributed by atoms with van der Waals surface area (Å²) in [5.41, 5.74) is 0.907. The van der Waals surface area contributed by atoms with Gasteiger partial charge in [0.2, 0.25) is 0 Å². The first kappa shape index (κ1) is 26.3. The molecular weight excluding hydrogens is 356 g/mol. The average Bonchev–Trinajstić information content (AvgIpc) is 2.66. The molecule has 28 heavy (non-hydrogen) atoms. The predicted molar refractivity (Wildman–Crippen MR) is 114 cm³/mol. The standard InChI is InChI=1S/C22H40N2O4/c1-19(2)21(25)27-17-11-9-15-23-13-7-5-6-8-14-24-16-10-12-18-28-22(26)20(3)4/h23-24H,1,3,5-18H2,2,4H3. The molecule has 0 unspecified atom stereocenters. The number of ether oxygens (including phenoxy) is 2. The Kier molecular flexibility index (Phi) is 17.6. The van der Waals surface area contributed by atoms with Crippen LogP contribution < -0.4 is 10.6 Å². The van der Waals surface area contributed by atoms with Crippen LogP contribution in [0.4, 0.5) is 0 Å². The zero-order chi connectivity index (χ0) is 21.0. The van der Waals surface area contributed by atoms with E-state index in [2.05, 4.69) is 23.8 Å². The molecule has 0 rings (SSSR count). The number of rotatable bonds is 19. The van der Waals surface area contributed by atoms with Crippen molar-refractivity contribution >= 4 is 11.9 Å². The first-order valence-electron chi connectivity index (χ1n) is 10.5. The van der Waals surface area contributed by atoms with Crippen LogP contribution in [-0.2, 0) is 19.1 Å². The monoisotopic (exact) mass is 396 g/mol. The van der Waals surface area contributed by atoms with Crippen LogP contribution >= 0.6 is 0 Å². The lowest BCUT2D eigenvalue weighted by Crippen LogP contribution is -2.18. The summed E-state index contributed by atoms with van der Waals surface area (Å²) in [6, 6.07) is 0. The van der Waals surface area contributed by atoms with Gasteiger partial charge in [-0.25, -0.2) is 9.59 Å². The quantitative estimate of drug-likeness (QED) is 0.198. The largest absolute Gasteiger partial charge is 0.462 e. The number of hydrogen-bond donors (Lipinski definition) is 2. The number of hydrogen-bond acceptors (Lipinski definition) is 6. The zero-order valence-corrected chi connectivity index (χ0v) is 17.9. The maximum atomic E-state index is 11.2. The summed E-state index contributed by atoms with van der Waals surface area (Å²) >= 11 is 0. The number of carbonyl (C=O) groups is 2. The van der Waals surface area contributed by atoms with Gasteiger partial charge in [-0.15, -0.1) is 0 Å². The Morgan fingerprint density at radius 1 is 0.607 bits per heavy atom. The molecule has 0 radical (unpaired) electrons. The molecule has 0 aliphatic rings. The molecule has 0 bridgehead atoms. The fourth-order valence-electron chi connectivity index (χ4n) is 2.38. The highest BCUT2D eigenvalue weighted by Crippen LogP contribution is 1.99. The molecule has 0 aromatic heterocycles. The van der Waals surface area contributed by atoms with Crippen LogP contribution in [0, 0.1) is 0 Å². The van der Waals surface area contributed by atoms with Gasteiger partial charge in [0.15, 0.2) is 0 Å². The van der Waals surface area contributed by atoms with Gasteiger partial charge in [0.05, 0.1) is 13.2 Å². The number of nitrogens with one attached hydrogen (secondary N) is 2. The fraction of sp³-hybridized carbons (Fsp3) is 0.727. The van der Waals surface area contributed by atoms with Crippen molar-refractivity contribution in [2.24, 2.45) is 0 Å². The molecule has 6 heteroatoms. The Morgan fingerprint density at radius 2 is 0.929 bits per heavy atom. The minimum absolute atomic E-state index is 0.299. The molecule has 0 fully saturated rings. The number of carbonyl (C=O) groups excluding carboxylic acids is 2. The minimum atomic E-state index is -0.299.